The Balaban J connectivity index is 1.93. The first-order valence-corrected chi connectivity index (χ1v) is 6.77. The summed E-state index contributed by atoms with van der Waals surface area (Å²) in [6.45, 7) is 2.59. The largest absolute Gasteiger partial charge is 0.416 e. The van der Waals surface area contributed by atoms with Crippen LogP contribution in [0.25, 0.3) is 0 Å². The minimum atomic E-state index is -4.27. The van der Waals surface area contributed by atoms with E-state index in [1.54, 1.807) is 11.3 Å². The van der Waals surface area contributed by atoms with E-state index >= 15 is 0 Å². The molecule has 1 N–H and O–H groups in total. The van der Waals surface area contributed by atoms with Gasteiger partial charge < -0.3 is 5.32 Å². The molecule has 0 aliphatic rings. The fourth-order valence-corrected chi connectivity index (χ4v) is 2.48. The van der Waals surface area contributed by atoms with Crippen LogP contribution in [-0.2, 0) is 12.7 Å². The Bertz CT molecular complexity index is 502. The van der Waals surface area contributed by atoms with E-state index in [0.717, 1.165) is 17.7 Å². The van der Waals surface area contributed by atoms with Gasteiger partial charge in [-0.05, 0) is 36.1 Å². The third-order valence-corrected chi connectivity index (χ3v) is 3.92. The Morgan fingerprint density at radius 2 is 1.84 bits per heavy atom. The highest BCUT2D eigenvalue weighted by Gasteiger charge is 2.29. The van der Waals surface area contributed by atoms with E-state index in [1.165, 1.54) is 17.0 Å². The summed E-state index contributed by atoms with van der Waals surface area (Å²) >= 11 is 1.66. The third kappa shape index (κ3) is 3.81. The molecule has 1 aromatic heterocycles. The van der Waals surface area contributed by atoms with E-state index in [2.05, 4.69) is 5.32 Å². The van der Waals surface area contributed by atoms with E-state index < -0.39 is 11.7 Å². The van der Waals surface area contributed by atoms with Crippen LogP contribution in [0, 0.1) is 0 Å². The number of hydrogen-bond acceptors (Lipinski definition) is 2. The molecule has 19 heavy (non-hydrogen) atoms. The van der Waals surface area contributed by atoms with Crippen molar-refractivity contribution in [3.05, 3.63) is 57.8 Å². The number of benzene rings is 1. The number of halogens is 3. The predicted molar refractivity (Wildman–Crippen MR) is 71.0 cm³/mol. The average molecular weight is 285 g/mol. The molecule has 1 atom stereocenters. The third-order valence-electron chi connectivity index (χ3n) is 2.86. The summed E-state index contributed by atoms with van der Waals surface area (Å²) in [5.74, 6) is 0. The van der Waals surface area contributed by atoms with Crippen molar-refractivity contribution < 1.29 is 13.2 Å². The van der Waals surface area contributed by atoms with E-state index in [1.807, 2.05) is 24.4 Å². The van der Waals surface area contributed by atoms with Gasteiger partial charge in [-0.2, -0.15) is 13.2 Å². The number of hydrogen-bond donors (Lipinski definition) is 1. The molecule has 0 radical (unpaired) electrons. The smallest absolute Gasteiger partial charge is 0.305 e. The molecule has 1 aromatic carbocycles. The summed E-state index contributed by atoms with van der Waals surface area (Å²) in [5.41, 5.74) is 0.235. The first-order valence-electron chi connectivity index (χ1n) is 5.90. The molecule has 0 bridgehead atoms. The van der Waals surface area contributed by atoms with E-state index in [4.69, 9.17) is 0 Å². The second kappa shape index (κ2) is 5.75. The molecule has 1 heterocycles. The summed E-state index contributed by atoms with van der Waals surface area (Å²) in [6.07, 6.45) is -4.27. The van der Waals surface area contributed by atoms with Crippen molar-refractivity contribution in [2.75, 3.05) is 0 Å². The van der Waals surface area contributed by atoms with Gasteiger partial charge in [-0.15, -0.1) is 11.3 Å². The van der Waals surface area contributed by atoms with Crippen molar-refractivity contribution in [1.82, 2.24) is 5.32 Å². The highest BCUT2D eigenvalue weighted by molar-refractivity contribution is 7.10. The number of thiophene rings is 1. The Kier molecular flexibility index (Phi) is 4.27. The molecule has 0 spiro atoms. The lowest BCUT2D eigenvalue weighted by Crippen LogP contribution is -2.17. The summed E-state index contributed by atoms with van der Waals surface area (Å²) in [7, 11) is 0. The summed E-state index contributed by atoms with van der Waals surface area (Å²) in [6, 6.07) is 9.47. The average Bonchev–Trinajstić information content (AvgIpc) is 2.89. The van der Waals surface area contributed by atoms with Gasteiger partial charge in [0, 0.05) is 17.5 Å². The van der Waals surface area contributed by atoms with Gasteiger partial charge in [0.05, 0.1) is 5.56 Å². The molecular formula is C14H14F3NS. The SMILES string of the molecule is CC(NCc1ccc(C(F)(F)F)cc1)c1cccs1. The molecule has 0 aliphatic carbocycles. The summed E-state index contributed by atoms with van der Waals surface area (Å²) in [5, 5.41) is 5.29. The van der Waals surface area contributed by atoms with Crippen molar-refractivity contribution in [3.8, 4) is 0 Å². The van der Waals surface area contributed by atoms with Crippen molar-refractivity contribution >= 4 is 11.3 Å². The minimum absolute atomic E-state index is 0.197. The molecule has 0 fully saturated rings. The van der Waals surface area contributed by atoms with Crippen molar-refractivity contribution in [2.45, 2.75) is 25.7 Å². The second-order valence-electron chi connectivity index (χ2n) is 4.31. The highest BCUT2D eigenvalue weighted by atomic mass is 32.1. The Labute approximate surface area is 114 Å². The van der Waals surface area contributed by atoms with E-state index in [-0.39, 0.29) is 6.04 Å². The number of nitrogens with one attached hydrogen (secondary N) is 1. The molecule has 1 unspecified atom stereocenters. The van der Waals surface area contributed by atoms with Crippen LogP contribution in [0.5, 0.6) is 0 Å². The lowest BCUT2D eigenvalue weighted by atomic mass is 10.1. The first kappa shape index (κ1) is 14.1. The summed E-state index contributed by atoms with van der Waals surface area (Å²) in [4.78, 5) is 1.21. The van der Waals surface area contributed by atoms with Gasteiger partial charge >= 0.3 is 6.18 Å². The standard InChI is InChI=1S/C14H14F3NS/c1-10(13-3-2-8-19-13)18-9-11-4-6-12(7-5-11)14(15,16)17/h2-8,10,18H,9H2,1H3. The van der Waals surface area contributed by atoms with Crippen LogP contribution in [-0.4, -0.2) is 0 Å². The Hall–Kier alpha value is -1.33. The molecule has 2 aromatic rings. The van der Waals surface area contributed by atoms with Crippen molar-refractivity contribution in [2.24, 2.45) is 0 Å². The molecule has 102 valence electrons. The molecule has 0 aliphatic heterocycles. The second-order valence-corrected chi connectivity index (χ2v) is 5.29. The van der Waals surface area contributed by atoms with Gasteiger partial charge in [0.2, 0.25) is 0 Å². The maximum atomic E-state index is 12.4. The molecule has 0 saturated carbocycles. The van der Waals surface area contributed by atoms with Crippen LogP contribution in [0.15, 0.2) is 41.8 Å². The summed E-state index contributed by atoms with van der Waals surface area (Å²) < 4.78 is 37.2. The lowest BCUT2D eigenvalue weighted by Gasteiger charge is -2.13. The monoisotopic (exact) mass is 285 g/mol. The Morgan fingerprint density at radius 3 is 2.37 bits per heavy atom. The van der Waals surface area contributed by atoms with Crippen LogP contribution < -0.4 is 5.32 Å². The van der Waals surface area contributed by atoms with E-state index in [0.29, 0.717) is 6.54 Å². The van der Waals surface area contributed by atoms with Crippen molar-refractivity contribution in [3.63, 3.8) is 0 Å². The Morgan fingerprint density at radius 1 is 1.16 bits per heavy atom. The van der Waals surface area contributed by atoms with Crippen LogP contribution in [0.1, 0.15) is 29.0 Å². The minimum Gasteiger partial charge on any atom is -0.305 e. The van der Waals surface area contributed by atoms with Crippen molar-refractivity contribution in [1.29, 1.82) is 0 Å². The van der Waals surface area contributed by atoms with Gasteiger partial charge in [0.1, 0.15) is 0 Å². The molecule has 0 saturated heterocycles. The molecule has 0 amide bonds. The topological polar surface area (TPSA) is 12.0 Å². The van der Waals surface area contributed by atoms with Crippen LogP contribution in [0.2, 0.25) is 0 Å². The molecule has 1 nitrogen and oxygen atoms in total. The van der Waals surface area contributed by atoms with Gasteiger partial charge in [-0.25, -0.2) is 0 Å². The predicted octanol–water partition coefficient (Wildman–Crippen LogP) is 4.62. The first-order chi connectivity index (χ1) is 8.97. The zero-order valence-corrected chi connectivity index (χ0v) is 11.2. The fraction of sp³-hybridized carbons (Fsp3) is 0.286. The molecule has 2 rings (SSSR count). The highest BCUT2D eigenvalue weighted by Crippen LogP contribution is 2.29. The zero-order valence-electron chi connectivity index (χ0n) is 10.4. The quantitative estimate of drug-likeness (QED) is 0.864. The van der Waals surface area contributed by atoms with E-state index in [9.17, 15) is 13.2 Å². The maximum Gasteiger partial charge on any atom is 0.416 e. The normalized spacial score (nSPS) is 13.5. The number of alkyl halides is 3. The number of rotatable bonds is 4. The molecule has 5 heteroatoms. The van der Waals surface area contributed by atoms with Gasteiger partial charge in [-0.1, -0.05) is 18.2 Å². The van der Waals surface area contributed by atoms with Crippen LogP contribution >= 0.6 is 11.3 Å². The van der Waals surface area contributed by atoms with Crippen LogP contribution in [0.4, 0.5) is 13.2 Å². The van der Waals surface area contributed by atoms with Gasteiger partial charge in [-0.3, -0.25) is 0 Å². The van der Waals surface area contributed by atoms with Gasteiger partial charge in [0.15, 0.2) is 0 Å². The zero-order chi connectivity index (χ0) is 13.9. The molecular weight excluding hydrogens is 271 g/mol. The lowest BCUT2D eigenvalue weighted by molar-refractivity contribution is -0.137. The maximum absolute atomic E-state index is 12.4. The van der Waals surface area contributed by atoms with Crippen LogP contribution in [0.3, 0.4) is 0 Å². The van der Waals surface area contributed by atoms with Gasteiger partial charge in [0.25, 0.3) is 0 Å². The fourth-order valence-electron chi connectivity index (χ4n) is 1.72.